The molecule has 2 aromatic carbocycles. The number of carbonyl (C=O) groups excluding carboxylic acids is 1. The van der Waals surface area contributed by atoms with Gasteiger partial charge in [0.2, 0.25) is 0 Å². The number of hydrogen-bond acceptors (Lipinski definition) is 5. The number of phenolic OH excluding ortho intramolecular Hbond substituents is 1. The number of phenols is 1. The van der Waals surface area contributed by atoms with E-state index in [2.05, 4.69) is 10.2 Å². The van der Waals surface area contributed by atoms with Gasteiger partial charge in [-0.05, 0) is 62.7 Å². The summed E-state index contributed by atoms with van der Waals surface area (Å²) in [6.07, 6.45) is 0. The Labute approximate surface area is 175 Å². The summed E-state index contributed by atoms with van der Waals surface area (Å²) in [7, 11) is 1.62. The van der Waals surface area contributed by atoms with E-state index < -0.39 is 0 Å². The van der Waals surface area contributed by atoms with Crippen LogP contribution in [0.1, 0.15) is 48.4 Å². The van der Waals surface area contributed by atoms with Gasteiger partial charge in [-0.1, -0.05) is 6.07 Å². The Bertz CT molecular complexity index is 1070. The van der Waals surface area contributed by atoms with E-state index in [0.717, 1.165) is 28.1 Å². The zero-order valence-corrected chi connectivity index (χ0v) is 17.5. The Morgan fingerprint density at radius 2 is 1.93 bits per heavy atom. The van der Waals surface area contributed by atoms with Crippen molar-refractivity contribution in [2.75, 3.05) is 13.7 Å². The van der Waals surface area contributed by atoms with Crippen LogP contribution in [0.4, 0.5) is 0 Å². The van der Waals surface area contributed by atoms with Crippen LogP contribution < -0.4 is 9.47 Å². The third-order valence-corrected chi connectivity index (χ3v) is 5.32. The van der Waals surface area contributed by atoms with Gasteiger partial charge in [0, 0.05) is 17.2 Å². The number of carbonyl (C=O) groups is 1. The largest absolute Gasteiger partial charge is 0.504 e. The quantitative estimate of drug-likeness (QED) is 0.641. The monoisotopic (exact) mass is 407 g/mol. The zero-order valence-electron chi connectivity index (χ0n) is 17.5. The summed E-state index contributed by atoms with van der Waals surface area (Å²) in [5.74, 6) is 1.13. The van der Waals surface area contributed by atoms with E-state index in [-0.39, 0.29) is 23.7 Å². The van der Waals surface area contributed by atoms with E-state index in [1.54, 1.807) is 19.2 Å². The van der Waals surface area contributed by atoms with Crippen molar-refractivity contribution < 1.29 is 19.4 Å². The number of nitrogens with zero attached hydrogens (tertiary/aromatic N) is 2. The highest BCUT2D eigenvalue weighted by molar-refractivity contribution is 6.00. The van der Waals surface area contributed by atoms with Crippen molar-refractivity contribution >= 4 is 5.91 Å². The molecule has 1 amide bonds. The molecule has 156 valence electrons. The highest BCUT2D eigenvalue weighted by Crippen LogP contribution is 2.45. The number of benzene rings is 2. The summed E-state index contributed by atoms with van der Waals surface area (Å²) in [5.41, 5.74) is 3.78. The summed E-state index contributed by atoms with van der Waals surface area (Å²) in [4.78, 5) is 15.0. The van der Waals surface area contributed by atoms with Crippen molar-refractivity contribution in [3.05, 3.63) is 59.3 Å². The summed E-state index contributed by atoms with van der Waals surface area (Å²) in [6.45, 7) is 6.27. The lowest BCUT2D eigenvalue weighted by Gasteiger charge is -2.30. The Balaban J connectivity index is 1.87. The maximum atomic E-state index is 13.2. The third-order valence-electron chi connectivity index (χ3n) is 5.32. The molecule has 2 heterocycles. The molecule has 3 aromatic rings. The van der Waals surface area contributed by atoms with Crippen molar-refractivity contribution in [3.63, 3.8) is 0 Å². The van der Waals surface area contributed by atoms with Crippen LogP contribution in [0.15, 0.2) is 42.5 Å². The average molecular weight is 407 g/mol. The maximum absolute atomic E-state index is 13.2. The van der Waals surface area contributed by atoms with Gasteiger partial charge in [-0.3, -0.25) is 9.89 Å². The molecule has 0 radical (unpaired) electrons. The molecule has 0 bridgehead atoms. The number of aromatic hydroxyl groups is 1. The first-order valence-corrected chi connectivity index (χ1v) is 9.97. The number of amides is 1. The second-order valence-corrected chi connectivity index (χ2v) is 7.46. The lowest BCUT2D eigenvalue weighted by Crippen LogP contribution is -2.35. The SMILES string of the molecule is CCOc1cc(C2c3c(-c4ccc(OC)cc4)n[nH]c3C(=O)N2C(C)C)ccc1O. The van der Waals surface area contributed by atoms with Gasteiger partial charge < -0.3 is 19.5 Å². The molecular weight excluding hydrogens is 382 g/mol. The molecule has 0 aliphatic carbocycles. The molecule has 1 unspecified atom stereocenters. The van der Waals surface area contributed by atoms with Crippen LogP contribution in [0.5, 0.6) is 17.2 Å². The van der Waals surface area contributed by atoms with Gasteiger partial charge in [-0.15, -0.1) is 0 Å². The normalized spacial score (nSPS) is 15.6. The Morgan fingerprint density at radius 3 is 2.57 bits per heavy atom. The highest BCUT2D eigenvalue weighted by atomic mass is 16.5. The van der Waals surface area contributed by atoms with Crippen LogP contribution in [0.3, 0.4) is 0 Å². The fourth-order valence-corrected chi connectivity index (χ4v) is 3.97. The van der Waals surface area contributed by atoms with Crippen molar-refractivity contribution in [2.24, 2.45) is 0 Å². The molecular formula is C23H25N3O4. The van der Waals surface area contributed by atoms with Gasteiger partial charge in [0.15, 0.2) is 11.5 Å². The number of hydrogen-bond donors (Lipinski definition) is 2. The fraction of sp³-hybridized carbons (Fsp3) is 0.304. The van der Waals surface area contributed by atoms with Gasteiger partial charge in [-0.2, -0.15) is 5.10 Å². The number of aromatic nitrogens is 2. The predicted molar refractivity (Wildman–Crippen MR) is 113 cm³/mol. The summed E-state index contributed by atoms with van der Waals surface area (Å²) in [5, 5.41) is 17.5. The van der Waals surface area contributed by atoms with Gasteiger partial charge in [0.1, 0.15) is 11.4 Å². The van der Waals surface area contributed by atoms with E-state index in [9.17, 15) is 9.90 Å². The minimum absolute atomic E-state index is 0.0311. The topological polar surface area (TPSA) is 87.7 Å². The molecule has 4 rings (SSSR count). The number of ether oxygens (including phenoxy) is 2. The third kappa shape index (κ3) is 3.16. The number of aromatic amines is 1. The van der Waals surface area contributed by atoms with Crippen LogP contribution in [0, 0.1) is 0 Å². The summed E-state index contributed by atoms with van der Waals surface area (Å²) >= 11 is 0. The first kappa shape index (κ1) is 19.8. The molecule has 2 N–H and O–H groups in total. The zero-order chi connectivity index (χ0) is 21.4. The van der Waals surface area contributed by atoms with E-state index in [1.807, 2.05) is 56.0 Å². The number of rotatable bonds is 6. The Kier molecular flexibility index (Phi) is 5.11. The van der Waals surface area contributed by atoms with E-state index in [1.165, 1.54) is 0 Å². The van der Waals surface area contributed by atoms with Crippen LogP contribution in [0.25, 0.3) is 11.3 Å². The first-order valence-electron chi connectivity index (χ1n) is 9.97. The molecule has 30 heavy (non-hydrogen) atoms. The minimum atomic E-state index is -0.344. The second kappa shape index (κ2) is 7.74. The Morgan fingerprint density at radius 1 is 1.20 bits per heavy atom. The smallest absolute Gasteiger partial charge is 0.273 e. The predicted octanol–water partition coefficient (Wildman–Crippen LogP) is 4.14. The molecule has 7 nitrogen and oxygen atoms in total. The molecule has 1 aliphatic rings. The number of H-pyrrole nitrogens is 1. The van der Waals surface area contributed by atoms with Crippen LogP contribution >= 0.6 is 0 Å². The first-order chi connectivity index (χ1) is 14.5. The molecule has 1 aliphatic heterocycles. The highest BCUT2D eigenvalue weighted by Gasteiger charge is 2.43. The lowest BCUT2D eigenvalue weighted by molar-refractivity contribution is 0.0687. The minimum Gasteiger partial charge on any atom is -0.504 e. The van der Waals surface area contributed by atoms with Gasteiger partial charge in [0.05, 0.1) is 25.5 Å². The van der Waals surface area contributed by atoms with E-state index >= 15 is 0 Å². The molecule has 1 aromatic heterocycles. The summed E-state index contributed by atoms with van der Waals surface area (Å²) in [6, 6.07) is 12.5. The molecule has 1 atom stereocenters. The van der Waals surface area contributed by atoms with E-state index in [0.29, 0.717) is 18.1 Å². The van der Waals surface area contributed by atoms with Crippen LogP contribution in [-0.2, 0) is 0 Å². The second-order valence-electron chi connectivity index (χ2n) is 7.46. The average Bonchev–Trinajstić information content (AvgIpc) is 3.29. The molecule has 7 heteroatoms. The molecule has 0 spiro atoms. The van der Waals surface area contributed by atoms with Crippen LogP contribution in [0.2, 0.25) is 0 Å². The van der Waals surface area contributed by atoms with Crippen molar-refractivity contribution in [2.45, 2.75) is 32.9 Å². The summed E-state index contributed by atoms with van der Waals surface area (Å²) < 4.78 is 10.8. The number of methoxy groups -OCH3 is 1. The standard InChI is InChI=1S/C23H25N3O4/c1-5-30-18-12-15(8-11-17(18)27)22-19-20(14-6-9-16(29-4)10-7-14)24-25-21(19)23(28)26(22)13(2)3/h6-13,22,27H,5H2,1-4H3,(H,24,25). The van der Waals surface area contributed by atoms with Gasteiger partial charge >= 0.3 is 0 Å². The Hall–Kier alpha value is -3.48. The van der Waals surface area contributed by atoms with Gasteiger partial charge in [-0.25, -0.2) is 0 Å². The van der Waals surface area contributed by atoms with Crippen LogP contribution in [-0.4, -0.2) is 45.9 Å². The fourth-order valence-electron chi connectivity index (χ4n) is 3.97. The van der Waals surface area contributed by atoms with Crippen molar-refractivity contribution in [1.29, 1.82) is 0 Å². The molecule has 0 saturated heterocycles. The van der Waals surface area contributed by atoms with Gasteiger partial charge in [0.25, 0.3) is 5.91 Å². The molecule has 0 fully saturated rings. The van der Waals surface area contributed by atoms with Crippen molar-refractivity contribution in [3.8, 4) is 28.5 Å². The lowest BCUT2D eigenvalue weighted by atomic mass is 9.95. The van der Waals surface area contributed by atoms with Crippen molar-refractivity contribution in [1.82, 2.24) is 15.1 Å². The number of fused-ring (bicyclic) bond motifs is 1. The maximum Gasteiger partial charge on any atom is 0.273 e. The van der Waals surface area contributed by atoms with E-state index in [4.69, 9.17) is 9.47 Å². The number of nitrogens with one attached hydrogen (secondary N) is 1. The molecule has 0 saturated carbocycles.